The maximum Gasteiger partial charge on any atom is 0.185 e. The fourth-order valence-electron chi connectivity index (χ4n) is 3.43. The zero-order chi connectivity index (χ0) is 22.4. The van der Waals surface area contributed by atoms with Crippen molar-refractivity contribution in [2.24, 2.45) is 0 Å². The van der Waals surface area contributed by atoms with Crippen molar-refractivity contribution in [1.82, 2.24) is 0 Å². The summed E-state index contributed by atoms with van der Waals surface area (Å²) in [4.78, 5) is 13.2. The number of carbonyl (C=O) groups is 1. The van der Waals surface area contributed by atoms with Crippen molar-refractivity contribution >= 4 is 15.6 Å². The first kappa shape index (κ1) is 22.8. The van der Waals surface area contributed by atoms with Crippen LogP contribution in [0.25, 0.3) is 0 Å². The van der Waals surface area contributed by atoms with Gasteiger partial charge < -0.3 is 4.74 Å². The van der Waals surface area contributed by atoms with Crippen molar-refractivity contribution in [3.05, 3.63) is 95.6 Å². The Bertz CT molecular complexity index is 1100. The molecule has 0 N–H and O–H groups in total. The number of rotatable bonds is 9. The number of aryl methyl sites for hydroxylation is 1. The molecule has 1 unspecified atom stereocenters. The van der Waals surface area contributed by atoms with Crippen LogP contribution in [0.2, 0.25) is 0 Å². The normalized spacial score (nSPS) is 12.5. The molecular weight excluding hydrogens is 408 g/mol. The topological polar surface area (TPSA) is 60.4 Å². The molecule has 0 radical (unpaired) electrons. The lowest BCUT2D eigenvalue weighted by molar-refractivity contribution is 0.0980. The zero-order valence-electron chi connectivity index (χ0n) is 18.1. The molecule has 3 aromatic carbocycles. The molecule has 0 amide bonds. The largest absolute Gasteiger partial charge is 0.491 e. The third-order valence-corrected chi connectivity index (χ3v) is 7.24. The quantitative estimate of drug-likeness (QED) is 0.396. The molecule has 0 saturated heterocycles. The van der Waals surface area contributed by atoms with Gasteiger partial charge in [-0.2, -0.15) is 0 Å². The summed E-state index contributed by atoms with van der Waals surface area (Å²) in [7, 11) is -3.77. The third-order valence-electron chi connectivity index (χ3n) is 5.12. The van der Waals surface area contributed by atoms with Gasteiger partial charge in [-0.3, -0.25) is 4.79 Å². The third kappa shape index (κ3) is 5.61. The SMILES string of the molecule is CCc1ccc(C(=O)CC(c2ccc(OC(C)C)cc2)S(=O)(=O)c2ccccc2)cc1. The molecule has 0 spiro atoms. The molecular formula is C26H28O4S. The van der Waals surface area contributed by atoms with Crippen LogP contribution in [0.4, 0.5) is 0 Å². The van der Waals surface area contributed by atoms with E-state index in [-0.39, 0.29) is 23.2 Å². The Morgan fingerprint density at radius 1 is 0.871 bits per heavy atom. The van der Waals surface area contributed by atoms with Crippen molar-refractivity contribution in [3.63, 3.8) is 0 Å². The summed E-state index contributed by atoms with van der Waals surface area (Å²) in [5.74, 6) is 0.464. The van der Waals surface area contributed by atoms with Crippen molar-refractivity contribution < 1.29 is 17.9 Å². The molecule has 3 rings (SSSR count). The summed E-state index contributed by atoms with van der Waals surface area (Å²) < 4.78 is 32.6. The molecule has 0 fully saturated rings. The highest BCUT2D eigenvalue weighted by Crippen LogP contribution is 2.34. The minimum absolute atomic E-state index is 0.0161. The molecule has 0 aliphatic heterocycles. The lowest BCUT2D eigenvalue weighted by atomic mass is 10.0. The minimum Gasteiger partial charge on any atom is -0.491 e. The van der Waals surface area contributed by atoms with Gasteiger partial charge in [-0.1, -0.05) is 61.5 Å². The van der Waals surface area contributed by atoms with Gasteiger partial charge in [0.25, 0.3) is 0 Å². The minimum atomic E-state index is -3.77. The van der Waals surface area contributed by atoms with Crippen molar-refractivity contribution in [3.8, 4) is 5.75 Å². The van der Waals surface area contributed by atoms with Gasteiger partial charge in [0.2, 0.25) is 0 Å². The van der Waals surface area contributed by atoms with Gasteiger partial charge in [0.15, 0.2) is 15.6 Å². The summed E-state index contributed by atoms with van der Waals surface area (Å²) in [6.45, 7) is 5.91. The number of hydrogen-bond donors (Lipinski definition) is 0. The highest BCUT2D eigenvalue weighted by atomic mass is 32.2. The van der Waals surface area contributed by atoms with Crippen LogP contribution in [0.5, 0.6) is 5.75 Å². The van der Waals surface area contributed by atoms with E-state index < -0.39 is 15.1 Å². The first-order valence-corrected chi connectivity index (χ1v) is 12.0. The van der Waals surface area contributed by atoms with Crippen molar-refractivity contribution in [2.75, 3.05) is 0 Å². The van der Waals surface area contributed by atoms with Gasteiger partial charge in [0.05, 0.1) is 16.2 Å². The molecule has 0 aromatic heterocycles. The summed E-state index contributed by atoms with van der Waals surface area (Å²) >= 11 is 0. The Balaban J connectivity index is 1.96. The van der Waals surface area contributed by atoms with E-state index in [0.717, 1.165) is 12.0 Å². The Morgan fingerprint density at radius 3 is 2.03 bits per heavy atom. The molecule has 0 bridgehead atoms. The number of ether oxygens (including phenoxy) is 1. The Kier molecular flexibility index (Phi) is 7.29. The van der Waals surface area contributed by atoms with Crippen LogP contribution in [-0.2, 0) is 16.3 Å². The van der Waals surface area contributed by atoms with E-state index in [2.05, 4.69) is 0 Å². The number of Topliss-reactive ketones (excluding diaryl/α,β-unsaturated/α-hetero) is 1. The van der Waals surface area contributed by atoms with Gasteiger partial charge in [-0.05, 0) is 55.7 Å². The van der Waals surface area contributed by atoms with Crippen LogP contribution in [0.3, 0.4) is 0 Å². The predicted molar refractivity (Wildman–Crippen MR) is 123 cm³/mol. The number of sulfone groups is 1. The molecule has 0 saturated carbocycles. The molecule has 4 nitrogen and oxygen atoms in total. The second kappa shape index (κ2) is 9.92. The molecule has 162 valence electrons. The fourth-order valence-corrected chi connectivity index (χ4v) is 5.18. The maximum atomic E-state index is 13.5. The van der Waals surface area contributed by atoms with E-state index in [0.29, 0.717) is 16.9 Å². The Hall–Kier alpha value is -2.92. The smallest absolute Gasteiger partial charge is 0.185 e. The Morgan fingerprint density at radius 2 is 1.48 bits per heavy atom. The summed E-state index contributed by atoms with van der Waals surface area (Å²) in [5.41, 5.74) is 2.22. The molecule has 3 aromatic rings. The van der Waals surface area contributed by atoms with Gasteiger partial charge in [0, 0.05) is 12.0 Å². The van der Waals surface area contributed by atoms with Gasteiger partial charge in [0.1, 0.15) is 5.75 Å². The molecule has 0 aliphatic rings. The van der Waals surface area contributed by atoms with Crippen LogP contribution >= 0.6 is 0 Å². The second-order valence-electron chi connectivity index (χ2n) is 7.76. The van der Waals surface area contributed by atoms with Gasteiger partial charge in [-0.15, -0.1) is 0 Å². The van der Waals surface area contributed by atoms with E-state index in [1.807, 2.05) is 32.9 Å². The van der Waals surface area contributed by atoms with Crippen LogP contribution in [-0.4, -0.2) is 20.3 Å². The second-order valence-corrected chi connectivity index (χ2v) is 9.89. The molecule has 0 aliphatic carbocycles. The number of benzene rings is 3. The highest BCUT2D eigenvalue weighted by Gasteiger charge is 2.31. The number of ketones is 1. The highest BCUT2D eigenvalue weighted by molar-refractivity contribution is 7.91. The monoisotopic (exact) mass is 436 g/mol. The summed E-state index contributed by atoms with van der Waals surface area (Å²) in [6, 6.07) is 22.6. The fraction of sp³-hybridized carbons (Fsp3) is 0.269. The average Bonchev–Trinajstić information content (AvgIpc) is 2.78. The van der Waals surface area contributed by atoms with Gasteiger partial charge >= 0.3 is 0 Å². The summed E-state index contributed by atoms with van der Waals surface area (Å²) in [6.07, 6.45) is 0.763. The summed E-state index contributed by atoms with van der Waals surface area (Å²) in [5, 5.41) is -0.985. The van der Waals surface area contributed by atoms with Crippen LogP contribution in [0.15, 0.2) is 83.8 Å². The van der Waals surface area contributed by atoms with E-state index in [1.165, 1.54) is 0 Å². The van der Waals surface area contributed by atoms with E-state index in [4.69, 9.17) is 4.74 Å². The van der Waals surface area contributed by atoms with Gasteiger partial charge in [-0.25, -0.2) is 8.42 Å². The maximum absolute atomic E-state index is 13.5. The number of carbonyl (C=O) groups excluding carboxylic acids is 1. The first-order chi connectivity index (χ1) is 14.8. The first-order valence-electron chi connectivity index (χ1n) is 10.5. The molecule has 31 heavy (non-hydrogen) atoms. The molecule has 1 atom stereocenters. The molecule has 5 heteroatoms. The van der Waals surface area contributed by atoms with Crippen LogP contribution in [0, 0.1) is 0 Å². The standard InChI is InChI=1S/C26H28O4S/c1-4-20-10-12-21(13-11-20)25(27)18-26(31(28,29)24-8-6-5-7-9-24)22-14-16-23(17-15-22)30-19(2)3/h5-17,19,26H,4,18H2,1-3H3. The van der Waals surface area contributed by atoms with E-state index >= 15 is 0 Å². The predicted octanol–water partition coefficient (Wildman–Crippen LogP) is 5.82. The van der Waals surface area contributed by atoms with Crippen molar-refractivity contribution in [1.29, 1.82) is 0 Å². The zero-order valence-corrected chi connectivity index (χ0v) is 18.9. The Labute approximate surface area is 184 Å². The van der Waals surface area contributed by atoms with Crippen LogP contribution < -0.4 is 4.74 Å². The van der Waals surface area contributed by atoms with E-state index in [9.17, 15) is 13.2 Å². The number of hydrogen-bond acceptors (Lipinski definition) is 4. The lowest BCUT2D eigenvalue weighted by Crippen LogP contribution is -2.18. The molecule has 0 heterocycles. The van der Waals surface area contributed by atoms with E-state index in [1.54, 1.807) is 66.7 Å². The van der Waals surface area contributed by atoms with Crippen LogP contribution in [0.1, 0.15) is 53.9 Å². The average molecular weight is 437 g/mol. The van der Waals surface area contributed by atoms with Crippen molar-refractivity contribution in [2.45, 2.75) is 49.9 Å². The lowest BCUT2D eigenvalue weighted by Gasteiger charge is -2.19.